The number of benzene rings is 1. The molecule has 2 rings (SSSR count). The van der Waals surface area contributed by atoms with Gasteiger partial charge in [-0.3, -0.25) is 14.9 Å². The second kappa shape index (κ2) is 7.22. The van der Waals surface area contributed by atoms with Crippen LogP contribution < -0.4 is 4.72 Å². The number of likely N-dealkylation sites (tertiary alicyclic amines) is 1. The Morgan fingerprint density at radius 2 is 2.12 bits per heavy atom. The molecule has 1 atom stereocenters. The van der Waals surface area contributed by atoms with Gasteiger partial charge in [-0.15, -0.1) is 0 Å². The number of hydrogen-bond acceptors (Lipinski definition) is 5. The topological polar surface area (TPSA) is 110 Å². The van der Waals surface area contributed by atoms with Gasteiger partial charge in [0.05, 0.1) is 4.92 Å². The summed E-state index contributed by atoms with van der Waals surface area (Å²) < 4.78 is 40.4. The molecule has 1 amide bonds. The second-order valence-electron chi connectivity index (χ2n) is 5.59. The number of nitrogens with one attached hydrogen (secondary N) is 1. The lowest BCUT2D eigenvalue weighted by Crippen LogP contribution is -2.47. The number of piperidine rings is 1. The molecular weight excluding hydrogens is 341 g/mol. The predicted molar refractivity (Wildman–Crippen MR) is 83.3 cm³/mol. The van der Waals surface area contributed by atoms with Crippen molar-refractivity contribution in [2.24, 2.45) is 0 Å². The van der Waals surface area contributed by atoms with Crippen LogP contribution in [0.15, 0.2) is 23.1 Å². The van der Waals surface area contributed by atoms with Gasteiger partial charge in [0.25, 0.3) is 0 Å². The summed E-state index contributed by atoms with van der Waals surface area (Å²) in [6.45, 7) is 2.12. The molecule has 1 N–H and O–H groups in total. The van der Waals surface area contributed by atoms with E-state index >= 15 is 0 Å². The molecule has 24 heavy (non-hydrogen) atoms. The number of nitrogens with zero attached hydrogens (tertiary/aromatic N) is 2. The zero-order valence-electron chi connectivity index (χ0n) is 13.1. The van der Waals surface area contributed by atoms with E-state index < -0.39 is 37.4 Å². The Hall–Kier alpha value is -2.07. The van der Waals surface area contributed by atoms with Gasteiger partial charge in [-0.1, -0.05) is 6.07 Å². The van der Waals surface area contributed by atoms with Crippen LogP contribution >= 0.6 is 0 Å². The largest absolute Gasteiger partial charge is 0.339 e. The summed E-state index contributed by atoms with van der Waals surface area (Å²) in [5, 5.41) is 10.9. The number of amides is 1. The van der Waals surface area contributed by atoms with E-state index in [1.54, 1.807) is 11.8 Å². The fourth-order valence-electron chi connectivity index (χ4n) is 2.60. The first-order valence-electron chi connectivity index (χ1n) is 7.46. The molecule has 0 radical (unpaired) electrons. The molecule has 1 saturated heterocycles. The van der Waals surface area contributed by atoms with Crippen molar-refractivity contribution in [1.82, 2.24) is 9.62 Å². The molecule has 0 saturated carbocycles. The van der Waals surface area contributed by atoms with E-state index in [2.05, 4.69) is 4.72 Å². The Kier molecular flexibility index (Phi) is 5.50. The lowest BCUT2D eigenvalue weighted by molar-refractivity contribution is -0.390. The molecule has 1 unspecified atom stereocenters. The fraction of sp³-hybridized carbons (Fsp3) is 0.500. The van der Waals surface area contributed by atoms with E-state index in [1.807, 2.05) is 0 Å². The van der Waals surface area contributed by atoms with Gasteiger partial charge < -0.3 is 4.90 Å². The highest BCUT2D eigenvalue weighted by atomic mass is 32.2. The molecule has 1 aliphatic rings. The average Bonchev–Trinajstić information content (AvgIpc) is 2.52. The molecule has 0 aromatic heterocycles. The van der Waals surface area contributed by atoms with Gasteiger partial charge in [0.2, 0.25) is 21.7 Å². The Labute approximate surface area is 138 Å². The van der Waals surface area contributed by atoms with Crippen molar-refractivity contribution >= 4 is 21.6 Å². The van der Waals surface area contributed by atoms with E-state index in [0.29, 0.717) is 13.0 Å². The number of carbonyl (C=O) groups is 1. The first kappa shape index (κ1) is 18.3. The first-order chi connectivity index (χ1) is 11.2. The number of rotatable bonds is 6. The number of hydrogen-bond donors (Lipinski definition) is 1. The molecule has 0 bridgehead atoms. The van der Waals surface area contributed by atoms with Crippen molar-refractivity contribution in [1.29, 1.82) is 0 Å². The van der Waals surface area contributed by atoms with E-state index in [1.165, 1.54) is 0 Å². The van der Waals surface area contributed by atoms with Gasteiger partial charge in [-0.2, -0.15) is 4.39 Å². The summed E-state index contributed by atoms with van der Waals surface area (Å²) >= 11 is 0. The lowest BCUT2D eigenvalue weighted by Gasteiger charge is -2.32. The minimum absolute atomic E-state index is 0.0512. The highest BCUT2D eigenvalue weighted by Gasteiger charge is 2.30. The molecule has 1 fully saturated rings. The highest BCUT2D eigenvalue weighted by Crippen LogP contribution is 2.26. The van der Waals surface area contributed by atoms with E-state index in [9.17, 15) is 27.7 Å². The monoisotopic (exact) mass is 359 g/mol. The molecule has 1 aromatic carbocycles. The van der Waals surface area contributed by atoms with Crippen molar-refractivity contribution in [2.45, 2.75) is 37.1 Å². The number of nitro benzene ring substituents is 1. The fourth-order valence-corrected chi connectivity index (χ4v) is 3.90. The molecule has 10 heteroatoms. The molecule has 132 valence electrons. The Bertz CT molecular complexity index is 753. The molecule has 8 nitrogen and oxygen atoms in total. The van der Waals surface area contributed by atoms with Crippen LogP contribution in [0.1, 0.15) is 26.2 Å². The third kappa shape index (κ3) is 3.88. The summed E-state index contributed by atoms with van der Waals surface area (Å²) in [5.74, 6) is -1.27. The van der Waals surface area contributed by atoms with Crippen LogP contribution in [0.2, 0.25) is 0 Å². The highest BCUT2D eigenvalue weighted by molar-refractivity contribution is 7.89. The maximum absolute atomic E-state index is 13.6. The number of sulfonamides is 1. The van der Waals surface area contributed by atoms with Crippen LogP contribution in [0.25, 0.3) is 0 Å². The van der Waals surface area contributed by atoms with Crippen LogP contribution in [-0.4, -0.2) is 43.3 Å². The molecule has 1 aromatic rings. The van der Waals surface area contributed by atoms with Crippen molar-refractivity contribution < 1.29 is 22.5 Å². The smallest absolute Gasteiger partial charge is 0.324 e. The van der Waals surface area contributed by atoms with Crippen LogP contribution in [0.5, 0.6) is 0 Å². The SMILES string of the molecule is CC(CNS(=O)(=O)c1cccc(F)c1[N+](=O)[O-])N1CCCCC1=O. The summed E-state index contributed by atoms with van der Waals surface area (Å²) in [6, 6.07) is 2.49. The van der Waals surface area contributed by atoms with Gasteiger partial charge in [-0.25, -0.2) is 13.1 Å². The number of carbonyl (C=O) groups excluding carboxylic acids is 1. The van der Waals surface area contributed by atoms with Crippen molar-refractivity contribution in [3.63, 3.8) is 0 Å². The van der Waals surface area contributed by atoms with Gasteiger partial charge in [0.1, 0.15) is 0 Å². The van der Waals surface area contributed by atoms with E-state index in [0.717, 1.165) is 31.0 Å². The average molecular weight is 359 g/mol. The summed E-state index contributed by atoms with van der Waals surface area (Å²) in [6.07, 6.45) is 2.08. The minimum Gasteiger partial charge on any atom is -0.339 e. The van der Waals surface area contributed by atoms with E-state index in [-0.39, 0.29) is 12.5 Å². The summed E-state index contributed by atoms with van der Waals surface area (Å²) in [5.41, 5.74) is -1.09. The van der Waals surface area contributed by atoms with Crippen LogP contribution in [0.3, 0.4) is 0 Å². The van der Waals surface area contributed by atoms with Crippen molar-refractivity contribution in [2.75, 3.05) is 13.1 Å². The zero-order valence-corrected chi connectivity index (χ0v) is 13.9. The van der Waals surface area contributed by atoms with Gasteiger partial charge in [0.15, 0.2) is 4.90 Å². The van der Waals surface area contributed by atoms with Gasteiger partial charge >= 0.3 is 5.69 Å². The molecule has 0 spiro atoms. The molecule has 0 aliphatic carbocycles. The van der Waals surface area contributed by atoms with Crippen LogP contribution in [-0.2, 0) is 14.8 Å². The Morgan fingerprint density at radius 1 is 1.42 bits per heavy atom. The first-order valence-corrected chi connectivity index (χ1v) is 8.94. The Balaban J connectivity index is 2.16. The predicted octanol–water partition coefficient (Wildman–Crippen LogP) is 1.41. The minimum atomic E-state index is -4.28. The van der Waals surface area contributed by atoms with Crippen molar-refractivity contribution in [3.8, 4) is 0 Å². The number of nitro groups is 1. The van der Waals surface area contributed by atoms with E-state index in [4.69, 9.17) is 0 Å². The van der Waals surface area contributed by atoms with Crippen LogP contribution in [0.4, 0.5) is 10.1 Å². The maximum Gasteiger partial charge on any atom is 0.324 e. The summed E-state index contributed by atoms with van der Waals surface area (Å²) in [7, 11) is -4.28. The molecule has 1 heterocycles. The molecule has 1 aliphatic heterocycles. The maximum atomic E-state index is 13.6. The standard InChI is InChI=1S/C14H18FN3O5S/c1-10(17-8-3-2-7-13(17)19)9-16-24(22,23)12-6-4-5-11(15)14(12)18(20)21/h4-6,10,16H,2-3,7-9H2,1H3. The van der Waals surface area contributed by atoms with Gasteiger partial charge in [0, 0.05) is 25.6 Å². The second-order valence-corrected chi connectivity index (χ2v) is 7.32. The summed E-state index contributed by atoms with van der Waals surface area (Å²) in [4.78, 5) is 22.5. The zero-order chi connectivity index (χ0) is 17.9. The third-order valence-corrected chi connectivity index (χ3v) is 5.34. The van der Waals surface area contributed by atoms with Crippen molar-refractivity contribution in [3.05, 3.63) is 34.1 Å². The number of para-hydroxylation sites is 1. The normalized spacial score (nSPS) is 16.9. The Morgan fingerprint density at radius 3 is 2.75 bits per heavy atom. The van der Waals surface area contributed by atoms with Crippen LogP contribution in [0, 0.1) is 15.9 Å². The number of halogens is 1. The quantitative estimate of drug-likeness (QED) is 0.610. The third-order valence-electron chi connectivity index (χ3n) is 3.88. The molecular formula is C14H18FN3O5S. The van der Waals surface area contributed by atoms with Gasteiger partial charge in [-0.05, 0) is 31.9 Å². The lowest BCUT2D eigenvalue weighted by atomic mass is 10.1.